The van der Waals surface area contributed by atoms with E-state index in [-0.39, 0.29) is 5.91 Å². The molecule has 0 spiro atoms. The number of fused-ring (bicyclic) bond motifs is 2. The fourth-order valence-electron chi connectivity index (χ4n) is 3.91. The van der Waals surface area contributed by atoms with Crippen LogP contribution in [-0.4, -0.2) is 32.2 Å². The fourth-order valence-corrected chi connectivity index (χ4v) is 3.91. The second kappa shape index (κ2) is 7.74. The number of nitrogens with two attached hydrogens (primary N) is 1. The highest BCUT2D eigenvalue weighted by molar-refractivity contribution is 6.00. The summed E-state index contributed by atoms with van der Waals surface area (Å²) in [6.07, 6.45) is 5.55. The molecule has 1 aliphatic rings. The number of nitrogen functional groups attached to an aromatic ring is 1. The molecule has 154 valence electrons. The van der Waals surface area contributed by atoms with Crippen molar-refractivity contribution in [1.82, 2.24) is 19.7 Å². The van der Waals surface area contributed by atoms with Gasteiger partial charge in [0.1, 0.15) is 17.8 Å². The van der Waals surface area contributed by atoms with E-state index in [9.17, 15) is 4.79 Å². The first kappa shape index (κ1) is 19.8. The fraction of sp³-hybridized carbons (Fsp3) is 0.304. The Hall–Kier alpha value is -3.48. The molecule has 7 nitrogen and oxygen atoms in total. The van der Waals surface area contributed by atoms with Crippen molar-refractivity contribution < 1.29 is 4.79 Å². The summed E-state index contributed by atoms with van der Waals surface area (Å²) < 4.78 is 1.71. The predicted octanol–water partition coefficient (Wildman–Crippen LogP) is 3.80. The molecule has 1 amide bonds. The molecule has 0 saturated carbocycles. The molecule has 2 aromatic heterocycles. The van der Waals surface area contributed by atoms with Crippen LogP contribution in [0.2, 0.25) is 0 Å². The second-order valence-corrected chi connectivity index (χ2v) is 7.75. The minimum atomic E-state index is 0.0765. The summed E-state index contributed by atoms with van der Waals surface area (Å²) in [4.78, 5) is 23.1. The molecule has 0 fully saturated rings. The lowest BCUT2D eigenvalue weighted by Gasteiger charge is -2.18. The largest absolute Gasteiger partial charge is 0.383 e. The summed E-state index contributed by atoms with van der Waals surface area (Å²) >= 11 is 0. The Kier molecular flexibility index (Phi) is 5.11. The summed E-state index contributed by atoms with van der Waals surface area (Å²) in [5, 5.41) is 5.36. The highest BCUT2D eigenvalue weighted by Gasteiger charge is 2.26. The van der Waals surface area contributed by atoms with Gasteiger partial charge in [-0.3, -0.25) is 4.79 Å². The van der Waals surface area contributed by atoms with Crippen LogP contribution in [-0.2, 0) is 18.3 Å². The van der Waals surface area contributed by atoms with Crippen LogP contribution < -0.4 is 10.6 Å². The van der Waals surface area contributed by atoms with E-state index in [1.54, 1.807) is 4.68 Å². The van der Waals surface area contributed by atoms with Gasteiger partial charge in [0.2, 0.25) is 5.91 Å². The summed E-state index contributed by atoms with van der Waals surface area (Å²) in [5.74, 6) is 0.488. The monoisotopic (exact) mass is 402 g/mol. The van der Waals surface area contributed by atoms with Crippen molar-refractivity contribution in [1.29, 1.82) is 0 Å². The number of carbonyl (C=O) groups excluding carboxylic acids is 1. The number of rotatable bonds is 5. The third-order valence-corrected chi connectivity index (χ3v) is 5.59. The molecule has 3 aromatic rings. The Morgan fingerprint density at radius 2 is 2.13 bits per heavy atom. The molecule has 0 saturated heterocycles. The zero-order chi connectivity index (χ0) is 21.4. The number of hydrogen-bond acceptors (Lipinski definition) is 5. The van der Waals surface area contributed by atoms with Crippen molar-refractivity contribution in [2.45, 2.75) is 33.1 Å². The number of amides is 1. The van der Waals surface area contributed by atoms with E-state index in [1.165, 1.54) is 11.9 Å². The molecule has 7 heteroatoms. The molecule has 0 radical (unpaired) electrons. The van der Waals surface area contributed by atoms with Crippen LogP contribution in [0.1, 0.15) is 32.3 Å². The van der Waals surface area contributed by atoms with Gasteiger partial charge < -0.3 is 10.6 Å². The van der Waals surface area contributed by atoms with Gasteiger partial charge in [-0.25, -0.2) is 14.6 Å². The van der Waals surface area contributed by atoms with E-state index < -0.39 is 0 Å². The SMILES string of the molecule is C=C(C=C(C)CC)CC(=O)N1CCc2cc(-c3nn(C)c4ncnc(N)c34)ccc21. The number of carbonyl (C=O) groups is 1. The summed E-state index contributed by atoms with van der Waals surface area (Å²) in [5.41, 5.74) is 12.7. The van der Waals surface area contributed by atoms with E-state index >= 15 is 0 Å². The first-order chi connectivity index (χ1) is 14.4. The smallest absolute Gasteiger partial charge is 0.231 e. The maximum Gasteiger partial charge on any atom is 0.231 e. The number of allylic oxidation sites excluding steroid dienone is 2. The van der Waals surface area contributed by atoms with E-state index in [4.69, 9.17) is 5.73 Å². The molecule has 1 aromatic carbocycles. The predicted molar refractivity (Wildman–Crippen MR) is 120 cm³/mol. The van der Waals surface area contributed by atoms with Crippen LogP contribution in [0.4, 0.5) is 11.5 Å². The maximum atomic E-state index is 12.9. The van der Waals surface area contributed by atoms with Crippen molar-refractivity contribution in [3.05, 3.63) is 53.9 Å². The van der Waals surface area contributed by atoms with Crippen molar-refractivity contribution in [2.24, 2.45) is 7.05 Å². The van der Waals surface area contributed by atoms with Gasteiger partial charge >= 0.3 is 0 Å². The lowest BCUT2D eigenvalue weighted by Crippen LogP contribution is -2.28. The topological polar surface area (TPSA) is 89.9 Å². The average Bonchev–Trinajstić information content (AvgIpc) is 3.29. The first-order valence-corrected chi connectivity index (χ1v) is 10.1. The number of anilines is 2. The average molecular weight is 403 g/mol. The molecule has 0 bridgehead atoms. The molecular weight excluding hydrogens is 376 g/mol. The Morgan fingerprint density at radius 1 is 1.33 bits per heavy atom. The zero-order valence-corrected chi connectivity index (χ0v) is 17.6. The Labute approximate surface area is 175 Å². The van der Waals surface area contributed by atoms with Gasteiger partial charge in [-0.15, -0.1) is 0 Å². The molecule has 2 N–H and O–H groups in total. The van der Waals surface area contributed by atoms with E-state index in [2.05, 4.69) is 41.6 Å². The molecule has 1 aliphatic heterocycles. The zero-order valence-electron chi connectivity index (χ0n) is 17.6. The van der Waals surface area contributed by atoms with Crippen LogP contribution in [0.15, 0.2) is 48.3 Å². The van der Waals surface area contributed by atoms with Crippen LogP contribution in [0.25, 0.3) is 22.3 Å². The standard InChI is InChI=1S/C23H26N6O/c1-5-14(2)10-15(3)11-19(30)29-9-8-16-12-17(6-7-18(16)29)21-20-22(24)25-13-26-23(20)28(4)27-21/h6-7,10,12-13H,3,5,8-9,11H2,1-2,4H3,(H2,24,25,26). The number of nitrogens with zero attached hydrogens (tertiary/aromatic N) is 5. The minimum Gasteiger partial charge on any atom is -0.383 e. The van der Waals surface area contributed by atoms with Crippen molar-refractivity contribution >= 4 is 28.4 Å². The van der Waals surface area contributed by atoms with Gasteiger partial charge in [-0.2, -0.15) is 5.10 Å². The Bertz CT molecular complexity index is 1190. The molecule has 0 atom stereocenters. The third kappa shape index (κ3) is 3.47. The molecule has 4 rings (SSSR count). The summed E-state index contributed by atoms with van der Waals surface area (Å²) in [6, 6.07) is 6.06. The van der Waals surface area contributed by atoms with E-state index in [0.717, 1.165) is 46.3 Å². The van der Waals surface area contributed by atoms with E-state index in [1.807, 2.05) is 30.2 Å². The van der Waals surface area contributed by atoms with Crippen molar-refractivity contribution in [2.75, 3.05) is 17.2 Å². The van der Waals surface area contributed by atoms with Gasteiger partial charge in [0.25, 0.3) is 0 Å². The van der Waals surface area contributed by atoms with Crippen LogP contribution in [0.3, 0.4) is 0 Å². The van der Waals surface area contributed by atoms with Gasteiger partial charge in [0.05, 0.1) is 11.8 Å². The molecule has 0 unspecified atom stereocenters. The molecule has 30 heavy (non-hydrogen) atoms. The lowest BCUT2D eigenvalue weighted by molar-refractivity contribution is -0.117. The summed E-state index contributed by atoms with van der Waals surface area (Å²) in [6.45, 7) is 8.88. The normalized spacial score (nSPS) is 13.7. The number of aryl methyl sites for hydroxylation is 1. The van der Waals surface area contributed by atoms with Crippen LogP contribution in [0, 0.1) is 0 Å². The van der Waals surface area contributed by atoms with Gasteiger partial charge in [0.15, 0.2) is 5.65 Å². The van der Waals surface area contributed by atoms with Crippen LogP contribution >= 0.6 is 0 Å². The van der Waals surface area contributed by atoms with Gasteiger partial charge in [-0.05, 0) is 43.0 Å². The Morgan fingerprint density at radius 3 is 2.90 bits per heavy atom. The minimum absolute atomic E-state index is 0.0765. The highest BCUT2D eigenvalue weighted by atomic mass is 16.2. The lowest BCUT2D eigenvalue weighted by atomic mass is 10.0. The van der Waals surface area contributed by atoms with Crippen molar-refractivity contribution in [3.8, 4) is 11.3 Å². The third-order valence-electron chi connectivity index (χ3n) is 5.59. The first-order valence-electron chi connectivity index (χ1n) is 10.1. The number of aromatic nitrogens is 4. The Balaban J connectivity index is 1.62. The van der Waals surface area contributed by atoms with Gasteiger partial charge in [-0.1, -0.05) is 31.2 Å². The second-order valence-electron chi connectivity index (χ2n) is 7.75. The molecule has 3 heterocycles. The quantitative estimate of drug-likeness (QED) is 0.656. The van der Waals surface area contributed by atoms with E-state index in [0.29, 0.717) is 24.4 Å². The maximum absolute atomic E-state index is 12.9. The molecular formula is C23H26N6O. The van der Waals surface area contributed by atoms with Crippen LogP contribution in [0.5, 0.6) is 0 Å². The van der Waals surface area contributed by atoms with Crippen molar-refractivity contribution in [3.63, 3.8) is 0 Å². The molecule has 0 aliphatic carbocycles. The highest BCUT2D eigenvalue weighted by Crippen LogP contribution is 2.35. The number of hydrogen-bond donors (Lipinski definition) is 1. The van der Waals surface area contributed by atoms with Gasteiger partial charge in [0, 0.05) is 24.8 Å². The number of benzene rings is 1. The summed E-state index contributed by atoms with van der Waals surface area (Å²) in [7, 11) is 1.84.